The van der Waals surface area contributed by atoms with Gasteiger partial charge in [0.05, 0.1) is 24.6 Å². The van der Waals surface area contributed by atoms with E-state index in [2.05, 4.69) is 16.4 Å². The second kappa shape index (κ2) is 10.8. The maximum absolute atomic E-state index is 12.2. The minimum atomic E-state index is -0.753. The third kappa shape index (κ3) is 5.08. The number of fused-ring (bicyclic) bond motifs is 1. The van der Waals surface area contributed by atoms with Gasteiger partial charge in [0.15, 0.2) is 0 Å². The van der Waals surface area contributed by atoms with Crippen LogP contribution in [0.25, 0.3) is 10.9 Å². The van der Waals surface area contributed by atoms with Gasteiger partial charge in [0.25, 0.3) is 0 Å². The van der Waals surface area contributed by atoms with Crippen LogP contribution in [0.3, 0.4) is 0 Å². The first-order valence-electron chi connectivity index (χ1n) is 12.7. The largest absolute Gasteiger partial charge is 0.497 e. The molecule has 1 aliphatic carbocycles. The molecule has 0 bridgehead atoms. The zero-order valence-electron chi connectivity index (χ0n) is 20.4. The molecule has 7 heteroatoms. The number of rotatable bonds is 8. The lowest BCUT2D eigenvalue weighted by Gasteiger charge is -2.47. The maximum atomic E-state index is 12.2. The number of ether oxygens (including phenoxy) is 1. The Kier molecular flexibility index (Phi) is 7.47. The van der Waals surface area contributed by atoms with E-state index in [-0.39, 0.29) is 11.8 Å². The number of carbonyl (C=O) groups is 1. The van der Waals surface area contributed by atoms with E-state index in [1.54, 1.807) is 13.3 Å². The summed E-state index contributed by atoms with van der Waals surface area (Å²) in [5.74, 6) is 0.416. The second-order valence-electron chi connectivity index (χ2n) is 10.3. The number of carboxylic acid groups (broad SMARTS) is 1. The normalized spacial score (nSPS) is 25.6. The van der Waals surface area contributed by atoms with E-state index in [0.29, 0.717) is 30.6 Å². The molecule has 1 aliphatic heterocycles. The second-order valence-corrected chi connectivity index (χ2v) is 10.7. The summed E-state index contributed by atoms with van der Waals surface area (Å²) < 4.78 is 5.41. The van der Waals surface area contributed by atoms with Crippen molar-refractivity contribution in [3.05, 3.63) is 70.9 Å². The first-order valence-corrected chi connectivity index (χ1v) is 13.1. The quantitative estimate of drug-likeness (QED) is 0.375. The highest BCUT2D eigenvalue weighted by molar-refractivity contribution is 6.30. The summed E-state index contributed by atoms with van der Waals surface area (Å²) >= 11 is 6.23. The highest BCUT2D eigenvalue weighted by Crippen LogP contribution is 2.52. The van der Waals surface area contributed by atoms with Crippen molar-refractivity contribution in [2.45, 2.75) is 37.7 Å². The monoisotopic (exact) mass is 508 g/mol. The van der Waals surface area contributed by atoms with Crippen molar-refractivity contribution in [3.8, 4) is 5.75 Å². The fourth-order valence-electron chi connectivity index (χ4n) is 6.37. The zero-order valence-corrected chi connectivity index (χ0v) is 21.2. The molecule has 6 nitrogen and oxygen atoms in total. The Morgan fingerprint density at radius 1 is 1.22 bits per heavy atom. The van der Waals surface area contributed by atoms with Crippen molar-refractivity contribution >= 4 is 28.5 Å². The molecule has 2 heterocycles. The van der Waals surface area contributed by atoms with Gasteiger partial charge in [-0.25, -0.2) is 0 Å². The van der Waals surface area contributed by atoms with Gasteiger partial charge in [-0.15, -0.1) is 0 Å². The van der Waals surface area contributed by atoms with Crippen molar-refractivity contribution in [2.24, 2.45) is 23.7 Å². The molecule has 1 saturated heterocycles. The number of halogens is 1. The molecule has 2 fully saturated rings. The van der Waals surface area contributed by atoms with Crippen LogP contribution < -0.4 is 10.1 Å². The summed E-state index contributed by atoms with van der Waals surface area (Å²) in [6, 6.07) is 15.6. The summed E-state index contributed by atoms with van der Waals surface area (Å²) in [5, 5.41) is 26.4. The Hall–Kier alpha value is -2.67. The molecule has 0 amide bonds. The van der Waals surface area contributed by atoms with Gasteiger partial charge in [0.1, 0.15) is 5.75 Å². The topological polar surface area (TPSA) is 91.7 Å². The van der Waals surface area contributed by atoms with Crippen LogP contribution in [0.1, 0.15) is 48.8 Å². The molecule has 2 aliphatic rings. The van der Waals surface area contributed by atoms with Crippen LogP contribution in [-0.4, -0.2) is 41.4 Å². The fourth-order valence-corrected chi connectivity index (χ4v) is 6.57. The van der Waals surface area contributed by atoms with E-state index in [1.165, 1.54) is 5.56 Å². The number of nitrogens with zero attached hydrogens (tertiary/aromatic N) is 1. The summed E-state index contributed by atoms with van der Waals surface area (Å²) in [4.78, 5) is 16.6. The van der Waals surface area contributed by atoms with Gasteiger partial charge < -0.3 is 20.3 Å². The lowest BCUT2D eigenvalue weighted by molar-refractivity contribution is -0.146. The van der Waals surface area contributed by atoms with E-state index in [0.717, 1.165) is 47.3 Å². The number of aromatic nitrogens is 1. The van der Waals surface area contributed by atoms with E-state index in [4.69, 9.17) is 16.3 Å². The van der Waals surface area contributed by atoms with Crippen molar-refractivity contribution in [1.82, 2.24) is 10.3 Å². The van der Waals surface area contributed by atoms with Crippen LogP contribution in [-0.2, 0) is 4.79 Å². The smallest absolute Gasteiger partial charge is 0.308 e. The Morgan fingerprint density at radius 2 is 2.06 bits per heavy atom. The van der Waals surface area contributed by atoms with Gasteiger partial charge in [-0.05, 0) is 103 Å². The number of aliphatic carboxylic acids is 1. The lowest BCUT2D eigenvalue weighted by atomic mass is 9.59. The molecule has 1 aromatic heterocycles. The molecule has 3 aromatic rings. The molecule has 3 N–H and O–H groups in total. The van der Waals surface area contributed by atoms with Gasteiger partial charge >= 0.3 is 5.97 Å². The number of hydrogen-bond acceptors (Lipinski definition) is 5. The van der Waals surface area contributed by atoms with E-state index >= 15 is 0 Å². The Bertz CT molecular complexity index is 1230. The molecule has 36 heavy (non-hydrogen) atoms. The Labute approximate surface area is 216 Å². The predicted molar refractivity (Wildman–Crippen MR) is 140 cm³/mol. The van der Waals surface area contributed by atoms with Gasteiger partial charge in [0.2, 0.25) is 0 Å². The minimum absolute atomic E-state index is 0.0198. The third-order valence-electron chi connectivity index (χ3n) is 8.34. The highest BCUT2D eigenvalue weighted by atomic mass is 35.5. The highest BCUT2D eigenvalue weighted by Gasteiger charge is 2.45. The number of piperidine rings is 1. The Balaban J connectivity index is 1.42. The number of aliphatic hydroxyl groups excluding tert-OH is 1. The molecule has 2 aromatic carbocycles. The van der Waals surface area contributed by atoms with Crippen molar-refractivity contribution in [3.63, 3.8) is 0 Å². The number of benzene rings is 2. The van der Waals surface area contributed by atoms with E-state index in [1.807, 2.05) is 42.5 Å². The SMILES string of the molecule is COc1ccc2nccc([C@H](O)C[C@H](C3CC(c4cccc(Cl)c4)C3)C3CCNCC3C(=O)O)c2c1. The summed E-state index contributed by atoms with van der Waals surface area (Å²) in [7, 11) is 1.62. The van der Waals surface area contributed by atoms with Crippen LogP contribution in [0, 0.1) is 23.7 Å². The molecule has 0 spiro atoms. The average Bonchev–Trinajstić information content (AvgIpc) is 2.86. The predicted octanol–water partition coefficient (Wildman–Crippen LogP) is 5.44. The lowest BCUT2D eigenvalue weighted by Crippen LogP contribution is -2.47. The average molecular weight is 509 g/mol. The van der Waals surface area contributed by atoms with Crippen LogP contribution in [0.15, 0.2) is 54.7 Å². The third-order valence-corrected chi connectivity index (χ3v) is 8.57. The van der Waals surface area contributed by atoms with Crippen LogP contribution in [0.5, 0.6) is 5.75 Å². The van der Waals surface area contributed by atoms with Crippen LogP contribution in [0.2, 0.25) is 5.02 Å². The van der Waals surface area contributed by atoms with E-state index < -0.39 is 18.0 Å². The molecular weight excluding hydrogens is 476 g/mol. The minimum Gasteiger partial charge on any atom is -0.497 e. The van der Waals surface area contributed by atoms with Crippen molar-refractivity contribution in [2.75, 3.05) is 20.2 Å². The molecule has 190 valence electrons. The molecule has 1 saturated carbocycles. The summed E-state index contributed by atoms with van der Waals surface area (Å²) in [5.41, 5.74) is 2.86. The first-order chi connectivity index (χ1) is 17.4. The van der Waals surface area contributed by atoms with Crippen LogP contribution in [0.4, 0.5) is 0 Å². The van der Waals surface area contributed by atoms with E-state index in [9.17, 15) is 15.0 Å². The number of nitrogens with one attached hydrogen (secondary N) is 1. The molecular formula is C29H33ClN2O4. The van der Waals surface area contributed by atoms with Crippen molar-refractivity contribution < 1.29 is 19.7 Å². The number of pyridine rings is 1. The molecule has 0 radical (unpaired) electrons. The number of methoxy groups -OCH3 is 1. The zero-order chi connectivity index (χ0) is 25.2. The van der Waals surface area contributed by atoms with Gasteiger partial charge in [-0.2, -0.15) is 0 Å². The van der Waals surface area contributed by atoms with Gasteiger partial charge in [-0.3, -0.25) is 9.78 Å². The fraction of sp³-hybridized carbons (Fsp3) is 0.448. The number of hydrogen-bond donors (Lipinski definition) is 3. The molecule has 5 rings (SSSR count). The van der Waals surface area contributed by atoms with Gasteiger partial charge in [0, 0.05) is 23.2 Å². The standard InChI is InChI=1S/C29H33ClN2O4/c1-36-21-5-6-27-25(14-21)23(8-10-32-27)28(33)15-24(22-7-9-31-16-26(22)29(34)35)19-11-18(12-19)17-3-2-4-20(30)13-17/h2-6,8,10,13-14,18-19,22,24,26,28,31,33H,7,9,11-12,15-16H2,1H3,(H,34,35)/t18?,19?,22?,24-,26?,28-/m1/s1. The number of carboxylic acids is 1. The Morgan fingerprint density at radius 3 is 2.81 bits per heavy atom. The van der Waals surface area contributed by atoms with Gasteiger partial charge in [-0.1, -0.05) is 23.7 Å². The van der Waals surface area contributed by atoms with Crippen LogP contribution >= 0.6 is 11.6 Å². The summed E-state index contributed by atoms with van der Waals surface area (Å²) in [6.07, 6.45) is 4.31. The maximum Gasteiger partial charge on any atom is 0.308 e. The summed E-state index contributed by atoms with van der Waals surface area (Å²) in [6.45, 7) is 1.29. The first kappa shape index (κ1) is 25.0. The van der Waals surface area contributed by atoms with Crippen molar-refractivity contribution in [1.29, 1.82) is 0 Å². The number of aliphatic hydroxyl groups is 1. The molecule has 4 atom stereocenters. The molecule has 2 unspecified atom stereocenters.